The quantitative estimate of drug-likeness (QED) is 0.183. The molecule has 0 saturated carbocycles. The largest absolute Gasteiger partial charge is 0.455 e. The second-order valence-electron chi connectivity index (χ2n) is 13.3. The first-order chi connectivity index (χ1) is 25.3. The Kier molecular flexibility index (Phi) is 6.16. The predicted molar refractivity (Wildman–Crippen MR) is 217 cm³/mol. The Morgan fingerprint density at radius 3 is 1.67 bits per heavy atom. The minimum atomic E-state index is 0.924. The molecule has 0 N–H and O–H groups in total. The van der Waals surface area contributed by atoms with E-state index in [0.717, 1.165) is 27.5 Å². The lowest BCUT2D eigenvalue weighted by molar-refractivity contribution is 0.670. The minimum Gasteiger partial charge on any atom is -0.455 e. The second-order valence-corrected chi connectivity index (χ2v) is 14.4. The Morgan fingerprint density at radius 1 is 0.373 bits per heavy atom. The highest BCUT2D eigenvalue weighted by Gasteiger charge is 2.17. The van der Waals surface area contributed by atoms with Crippen molar-refractivity contribution in [2.24, 2.45) is 0 Å². The smallest absolute Gasteiger partial charge is 0.143 e. The van der Waals surface area contributed by atoms with Crippen LogP contribution in [0.15, 0.2) is 180 Å². The zero-order chi connectivity index (χ0) is 33.5. The van der Waals surface area contributed by atoms with Crippen LogP contribution in [-0.4, -0.2) is 4.57 Å². The molecule has 8 aromatic carbocycles. The van der Waals surface area contributed by atoms with Gasteiger partial charge in [-0.15, -0.1) is 11.3 Å². The first kappa shape index (κ1) is 28.4. The highest BCUT2D eigenvalue weighted by atomic mass is 32.1. The van der Waals surface area contributed by atoms with Crippen molar-refractivity contribution < 1.29 is 4.42 Å². The van der Waals surface area contributed by atoms with Crippen LogP contribution in [0.2, 0.25) is 0 Å². The van der Waals surface area contributed by atoms with Crippen LogP contribution >= 0.6 is 11.3 Å². The van der Waals surface area contributed by atoms with Gasteiger partial charge in [0, 0.05) is 53.0 Å². The lowest BCUT2D eigenvalue weighted by atomic mass is 10.0. The molecule has 3 heterocycles. The maximum atomic E-state index is 6.40. The number of furan rings is 1. The van der Waals surface area contributed by atoms with Crippen LogP contribution in [0.5, 0.6) is 0 Å². The van der Waals surface area contributed by atoms with Crippen molar-refractivity contribution in [3.63, 3.8) is 0 Å². The number of fused-ring (bicyclic) bond motifs is 9. The van der Waals surface area contributed by atoms with E-state index in [4.69, 9.17) is 4.42 Å². The molecular formula is C48H29NOS. The minimum absolute atomic E-state index is 0.924. The maximum Gasteiger partial charge on any atom is 0.143 e. The van der Waals surface area contributed by atoms with Gasteiger partial charge in [-0.05, 0) is 76.3 Å². The van der Waals surface area contributed by atoms with E-state index in [1.54, 1.807) is 0 Å². The van der Waals surface area contributed by atoms with E-state index >= 15 is 0 Å². The lowest BCUT2D eigenvalue weighted by Crippen LogP contribution is -1.93. The number of aromatic nitrogens is 1. The van der Waals surface area contributed by atoms with E-state index in [0.29, 0.717) is 0 Å². The summed E-state index contributed by atoms with van der Waals surface area (Å²) in [4.78, 5) is 0. The fraction of sp³-hybridized carbons (Fsp3) is 0. The molecule has 11 rings (SSSR count). The van der Waals surface area contributed by atoms with Crippen molar-refractivity contribution in [2.75, 3.05) is 0 Å². The van der Waals surface area contributed by atoms with Gasteiger partial charge in [0.25, 0.3) is 0 Å². The van der Waals surface area contributed by atoms with Gasteiger partial charge in [-0.3, -0.25) is 0 Å². The number of hydrogen-bond donors (Lipinski definition) is 0. The molecule has 3 aromatic heterocycles. The fourth-order valence-corrected chi connectivity index (χ4v) is 9.15. The summed E-state index contributed by atoms with van der Waals surface area (Å²) in [6.07, 6.45) is 0. The molecule has 0 spiro atoms. The van der Waals surface area contributed by atoms with Gasteiger partial charge in [-0.1, -0.05) is 127 Å². The molecule has 0 aliphatic rings. The summed E-state index contributed by atoms with van der Waals surface area (Å²) in [6, 6.07) is 63.7. The van der Waals surface area contributed by atoms with Crippen LogP contribution in [-0.2, 0) is 0 Å². The Labute approximate surface area is 298 Å². The summed E-state index contributed by atoms with van der Waals surface area (Å²) in [5.41, 5.74) is 12.6. The molecule has 0 aliphatic carbocycles. The molecule has 0 aliphatic heterocycles. The molecule has 3 heteroatoms. The zero-order valence-electron chi connectivity index (χ0n) is 27.5. The standard InChI is InChI=1S/C48H29NOS/c1-3-10-30(11-4-1)32-19-24-43-41(26-32)42-27-33(31-12-5-2-6-13-31)20-25-44(42)49(43)35-21-23-39-38-22-18-34(28-46(38)51-47(39)29-35)36-15-9-16-40-37-14-7-8-17-45(37)50-48(36)40/h1-29H. The Balaban J connectivity index is 1.08. The van der Waals surface area contributed by atoms with E-state index < -0.39 is 0 Å². The van der Waals surface area contributed by atoms with Crippen molar-refractivity contribution >= 4 is 75.3 Å². The zero-order valence-corrected chi connectivity index (χ0v) is 28.3. The Hall–Kier alpha value is -6.42. The fourth-order valence-electron chi connectivity index (χ4n) is 7.97. The number of hydrogen-bond acceptors (Lipinski definition) is 2. The van der Waals surface area contributed by atoms with Gasteiger partial charge in [0.15, 0.2) is 0 Å². The third-order valence-corrected chi connectivity index (χ3v) is 11.5. The Bertz CT molecular complexity index is 3030. The van der Waals surface area contributed by atoms with Crippen LogP contribution in [0, 0.1) is 0 Å². The molecule has 0 bridgehead atoms. The van der Waals surface area contributed by atoms with E-state index in [9.17, 15) is 0 Å². The highest BCUT2D eigenvalue weighted by Crippen LogP contribution is 2.42. The first-order valence-corrected chi connectivity index (χ1v) is 18.1. The molecular weight excluding hydrogens is 639 g/mol. The van der Waals surface area contributed by atoms with Gasteiger partial charge in [-0.2, -0.15) is 0 Å². The third-order valence-electron chi connectivity index (χ3n) is 10.4. The summed E-state index contributed by atoms with van der Waals surface area (Å²) in [7, 11) is 0. The average molecular weight is 668 g/mol. The van der Waals surface area contributed by atoms with Crippen LogP contribution in [0.4, 0.5) is 0 Å². The summed E-state index contributed by atoms with van der Waals surface area (Å²) < 4.78 is 11.4. The van der Waals surface area contributed by atoms with E-state index in [2.05, 4.69) is 168 Å². The van der Waals surface area contributed by atoms with Crippen molar-refractivity contribution in [2.45, 2.75) is 0 Å². The molecule has 0 fully saturated rings. The molecule has 51 heavy (non-hydrogen) atoms. The average Bonchev–Trinajstić information content (AvgIpc) is 3.86. The monoisotopic (exact) mass is 667 g/mol. The van der Waals surface area contributed by atoms with Crippen molar-refractivity contribution in [1.29, 1.82) is 0 Å². The topological polar surface area (TPSA) is 18.1 Å². The van der Waals surface area contributed by atoms with E-state index in [1.165, 1.54) is 75.5 Å². The first-order valence-electron chi connectivity index (χ1n) is 17.3. The van der Waals surface area contributed by atoms with Crippen molar-refractivity contribution in [3.8, 4) is 39.1 Å². The predicted octanol–water partition coefficient (Wildman–Crippen LogP) is 14.1. The molecule has 0 radical (unpaired) electrons. The van der Waals surface area contributed by atoms with Gasteiger partial charge in [0.2, 0.25) is 0 Å². The normalized spacial score (nSPS) is 11.9. The van der Waals surface area contributed by atoms with Crippen molar-refractivity contribution in [3.05, 3.63) is 176 Å². The SMILES string of the molecule is c1ccc(-c2ccc3c(c2)c2cc(-c4ccccc4)ccc2n3-c2ccc3c(c2)sc2cc(-c4cccc5c4oc4ccccc45)ccc23)cc1. The summed E-state index contributed by atoms with van der Waals surface area (Å²) >= 11 is 1.86. The summed E-state index contributed by atoms with van der Waals surface area (Å²) in [6.45, 7) is 0. The molecule has 11 aromatic rings. The van der Waals surface area contributed by atoms with Crippen molar-refractivity contribution in [1.82, 2.24) is 4.57 Å². The number of para-hydroxylation sites is 2. The Morgan fingerprint density at radius 2 is 0.961 bits per heavy atom. The number of thiophene rings is 1. The van der Waals surface area contributed by atoms with Gasteiger partial charge in [0.05, 0.1) is 11.0 Å². The molecule has 0 saturated heterocycles. The van der Waals surface area contributed by atoms with Crippen LogP contribution < -0.4 is 0 Å². The van der Waals surface area contributed by atoms with E-state index in [-0.39, 0.29) is 0 Å². The number of rotatable bonds is 4. The summed E-state index contributed by atoms with van der Waals surface area (Å²) in [5.74, 6) is 0. The number of benzene rings is 8. The lowest BCUT2D eigenvalue weighted by Gasteiger charge is -2.09. The summed E-state index contributed by atoms with van der Waals surface area (Å²) in [5, 5.41) is 7.38. The molecule has 0 amide bonds. The van der Waals surface area contributed by atoms with E-state index in [1.807, 2.05) is 23.5 Å². The molecule has 0 unspecified atom stereocenters. The van der Waals surface area contributed by atoms with Gasteiger partial charge in [-0.25, -0.2) is 0 Å². The van der Waals surface area contributed by atoms with Crippen LogP contribution in [0.3, 0.4) is 0 Å². The second kappa shape index (κ2) is 11.0. The molecule has 0 atom stereocenters. The van der Waals surface area contributed by atoms with Gasteiger partial charge < -0.3 is 8.98 Å². The third kappa shape index (κ3) is 4.42. The highest BCUT2D eigenvalue weighted by molar-refractivity contribution is 7.25. The van der Waals surface area contributed by atoms with Crippen LogP contribution in [0.1, 0.15) is 0 Å². The molecule has 2 nitrogen and oxygen atoms in total. The molecule has 238 valence electrons. The van der Waals surface area contributed by atoms with Gasteiger partial charge in [0.1, 0.15) is 11.2 Å². The van der Waals surface area contributed by atoms with Gasteiger partial charge >= 0.3 is 0 Å². The number of nitrogens with zero attached hydrogens (tertiary/aromatic N) is 1. The van der Waals surface area contributed by atoms with Crippen LogP contribution in [0.25, 0.3) is 103 Å². The maximum absolute atomic E-state index is 6.40.